The standard InChI is InChI=1S/C14H20O2/c15-11-6-4-2-1-3-5-8-13-9-7-10-14(16)12-13/h7,9-12,16H,1-6,8H2. The van der Waals surface area contributed by atoms with E-state index in [4.69, 9.17) is 0 Å². The van der Waals surface area contributed by atoms with Crippen LogP contribution >= 0.6 is 0 Å². The molecule has 0 spiro atoms. The van der Waals surface area contributed by atoms with Gasteiger partial charge in [0.25, 0.3) is 0 Å². The van der Waals surface area contributed by atoms with E-state index in [9.17, 15) is 9.90 Å². The van der Waals surface area contributed by atoms with Crippen molar-refractivity contribution in [1.82, 2.24) is 0 Å². The van der Waals surface area contributed by atoms with E-state index in [1.54, 1.807) is 6.07 Å². The molecule has 0 saturated carbocycles. The van der Waals surface area contributed by atoms with E-state index in [0.717, 1.165) is 32.0 Å². The summed E-state index contributed by atoms with van der Waals surface area (Å²) in [4.78, 5) is 10.1. The van der Waals surface area contributed by atoms with E-state index >= 15 is 0 Å². The fraction of sp³-hybridized carbons (Fsp3) is 0.500. The van der Waals surface area contributed by atoms with Gasteiger partial charge in [-0.05, 0) is 37.0 Å². The van der Waals surface area contributed by atoms with Gasteiger partial charge in [-0.1, -0.05) is 31.4 Å². The molecule has 2 heteroatoms. The molecular formula is C14H20O2. The zero-order valence-electron chi connectivity index (χ0n) is 9.69. The summed E-state index contributed by atoms with van der Waals surface area (Å²) in [7, 11) is 0. The zero-order valence-corrected chi connectivity index (χ0v) is 9.69. The smallest absolute Gasteiger partial charge is 0.119 e. The molecular weight excluding hydrogens is 200 g/mol. The monoisotopic (exact) mass is 220 g/mol. The number of carbonyl (C=O) groups is 1. The molecule has 0 aliphatic heterocycles. The number of phenols is 1. The number of aromatic hydroxyl groups is 1. The lowest BCUT2D eigenvalue weighted by Gasteiger charge is -2.02. The van der Waals surface area contributed by atoms with Gasteiger partial charge in [-0.3, -0.25) is 0 Å². The fourth-order valence-corrected chi connectivity index (χ4v) is 1.80. The lowest BCUT2D eigenvalue weighted by atomic mass is 10.0. The molecule has 16 heavy (non-hydrogen) atoms. The maximum absolute atomic E-state index is 10.1. The highest BCUT2D eigenvalue weighted by atomic mass is 16.3. The molecule has 0 unspecified atom stereocenters. The number of unbranched alkanes of at least 4 members (excludes halogenated alkanes) is 5. The average molecular weight is 220 g/mol. The summed E-state index contributed by atoms with van der Waals surface area (Å²) in [6.07, 6.45) is 8.46. The van der Waals surface area contributed by atoms with E-state index < -0.39 is 0 Å². The van der Waals surface area contributed by atoms with Gasteiger partial charge in [-0.25, -0.2) is 0 Å². The molecule has 0 aliphatic carbocycles. The third kappa shape index (κ3) is 5.54. The SMILES string of the molecule is O=CCCCCCCCc1cccc(O)c1. The van der Waals surface area contributed by atoms with Gasteiger partial charge in [0.15, 0.2) is 0 Å². The van der Waals surface area contributed by atoms with Crippen LogP contribution in [0.4, 0.5) is 0 Å². The third-order valence-corrected chi connectivity index (χ3v) is 2.70. The van der Waals surface area contributed by atoms with Crippen LogP contribution in [0.25, 0.3) is 0 Å². The van der Waals surface area contributed by atoms with Crippen LogP contribution in [0.3, 0.4) is 0 Å². The van der Waals surface area contributed by atoms with E-state index in [1.165, 1.54) is 18.4 Å². The molecule has 0 amide bonds. The molecule has 0 aliphatic rings. The summed E-state index contributed by atoms with van der Waals surface area (Å²) in [6, 6.07) is 7.45. The lowest BCUT2D eigenvalue weighted by molar-refractivity contribution is -0.107. The minimum Gasteiger partial charge on any atom is -0.508 e. The van der Waals surface area contributed by atoms with Gasteiger partial charge in [-0.15, -0.1) is 0 Å². The topological polar surface area (TPSA) is 37.3 Å². The Morgan fingerprint density at radius 3 is 2.56 bits per heavy atom. The second-order valence-corrected chi connectivity index (χ2v) is 4.14. The maximum Gasteiger partial charge on any atom is 0.119 e. The number of phenolic OH excluding ortho intramolecular Hbond substituents is 1. The first-order valence-electron chi connectivity index (χ1n) is 6.04. The van der Waals surface area contributed by atoms with Crippen molar-refractivity contribution in [2.24, 2.45) is 0 Å². The Morgan fingerprint density at radius 2 is 1.81 bits per heavy atom. The first-order valence-corrected chi connectivity index (χ1v) is 6.04. The predicted molar refractivity (Wildman–Crippen MR) is 65.6 cm³/mol. The Morgan fingerprint density at radius 1 is 1.06 bits per heavy atom. The lowest BCUT2D eigenvalue weighted by Crippen LogP contribution is -1.86. The van der Waals surface area contributed by atoms with Crippen molar-refractivity contribution in [2.75, 3.05) is 0 Å². The van der Waals surface area contributed by atoms with Crippen LogP contribution in [0.1, 0.15) is 44.1 Å². The second kappa shape index (κ2) is 7.91. The van der Waals surface area contributed by atoms with E-state index in [1.807, 2.05) is 18.2 Å². The first-order chi connectivity index (χ1) is 7.83. The Bertz CT molecular complexity index is 307. The molecule has 0 fully saturated rings. The third-order valence-electron chi connectivity index (χ3n) is 2.70. The zero-order chi connectivity index (χ0) is 11.6. The van der Waals surface area contributed by atoms with Gasteiger partial charge in [0, 0.05) is 6.42 Å². The molecule has 1 N–H and O–H groups in total. The van der Waals surface area contributed by atoms with Crippen LogP contribution in [0.15, 0.2) is 24.3 Å². The number of hydrogen-bond donors (Lipinski definition) is 1. The van der Waals surface area contributed by atoms with Crippen LogP contribution in [0.2, 0.25) is 0 Å². The van der Waals surface area contributed by atoms with Gasteiger partial charge in [0.05, 0.1) is 0 Å². The van der Waals surface area contributed by atoms with Crippen molar-refractivity contribution in [3.8, 4) is 5.75 Å². The number of aldehydes is 1. The van der Waals surface area contributed by atoms with Gasteiger partial charge in [0.1, 0.15) is 12.0 Å². The molecule has 0 atom stereocenters. The Hall–Kier alpha value is -1.31. The minimum atomic E-state index is 0.350. The molecule has 88 valence electrons. The summed E-state index contributed by atoms with van der Waals surface area (Å²) >= 11 is 0. The maximum atomic E-state index is 10.1. The van der Waals surface area contributed by atoms with Crippen molar-refractivity contribution >= 4 is 6.29 Å². The number of benzene rings is 1. The number of carbonyl (C=O) groups excluding carboxylic acids is 1. The molecule has 1 aromatic rings. The number of hydrogen-bond acceptors (Lipinski definition) is 2. The molecule has 0 heterocycles. The van der Waals surface area contributed by atoms with Crippen LogP contribution < -0.4 is 0 Å². The van der Waals surface area contributed by atoms with E-state index in [2.05, 4.69) is 0 Å². The molecule has 0 radical (unpaired) electrons. The summed E-state index contributed by atoms with van der Waals surface area (Å²) in [5, 5.41) is 9.28. The fourth-order valence-electron chi connectivity index (χ4n) is 1.80. The molecule has 1 rings (SSSR count). The van der Waals surface area contributed by atoms with Crippen LogP contribution in [-0.2, 0) is 11.2 Å². The molecule has 0 aromatic heterocycles. The Labute approximate surface area is 97.3 Å². The number of aryl methyl sites for hydroxylation is 1. The van der Waals surface area contributed by atoms with Gasteiger partial charge in [0.2, 0.25) is 0 Å². The first kappa shape index (κ1) is 12.8. The van der Waals surface area contributed by atoms with Crippen molar-refractivity contribution in [3.63, 3.8) is 0 Å². The second-order valence-electron chi connectivity index (χ2n) is 4.14. The highest BCUT2D eigenvalue weighted by Gasteiger charge is 1.95. The largest absolute Gasteiger partial charge is 0.508 e. The highest BCUT2D eigenvalue weighted by Crippen LogP contribution is 2.14. The predicted octanol–water partition coefficient (Wildman–Crippen LogP) is 3.47. The molecule has 0 bridgehead atoms. The molecule has 2 nitrogen and oxygen atoms in total. The summed E-state index contributed by atoms with van der Waals surface area (Å²) in [5.74, 6) is 0.350. The van der Waals surface area contributed by atoms with Gasteiger partial charge >= 0.3 is 0 Å². The van der Waals surface area contributed by atoms with Crippen LogP contribution in [0.5, 0.6) is 5.75 Å². The summed E-state index contributed by atoms with van der Waals surface area (Å²) < 4.78 is 0. The van der Waals surface area contributed by atoms with E-state index in [0.29, 0.717) is 12.2 Å². The molecule has 0 saturated heterocycles. The molecule has 1 aromatic carbocycles. The highest BCUT2D eigenvalue weighted by molar-refractivity contribution is 5.48. The quantitative estimate of drug-likeness (QED) is 0.538. The van der Waals surface area contributed by atoms with Gasteiger partial charge in [-0.2, -0.15) is 0 Å². The van der Waals surface area contributed by atoms with Crippen molar-refractivity contribution in [3.05, 3.63) is 29.8 Å². The van der Waals surface area contributed by atoms with Crippen LogP contribution in [-0.4, -0.2) is 11.4 Å². The summed E-state index contributed by atoms with van der Waals surface area (Å²) in [5.41, 5.74) is 1.20. The van der Waals surface area contributed by atoms with Crippen molar-refractivity contribution in [1.29, 1.82) is 0 Å². The van der Waals surface area contributed by atoms with Crippen molar-refractivity contribution in [2.45, 2.75) is 44.9 Å². The normalized spacial score (nSPS) is 10.2. The Balaban J connectivity index is 2.05. The number of rotatable bonds is 8. The van der Waals surface area contributed by atoms with Crippen LogP contribution in [0, 0.1) is 0 Å². The van der Waals surface area contributed by atoms with Crippen molar-refractivity contribution < 1.29 is 9.90 Å². The Kier molecular flexibility index (Phi) is 6.31. The van der Waals surface area contributed by atoms with Gasteiger partial charge < -0.3 is 9.90 Å². The average Bonchev–Trinajstić information content (AvgIpc) is 2.28. The minimum absolute atomic E-state index is 0.350. The summed E-state index contributed by atoms with van der Waals surface area (Å²) in [6.45, 7) is 0. The van der Waals surface area contributed by atoms with E-state index in [-0.39, 0.29) is 0 Å².